The van der Waals surface area contributed by atoms with Gasteiger partial charge in [-0.1, -0.05) is 12.1 Å². The number of anilines is 1. The highest BCUT2D eigenvalue weighted by Crippen LogP contribution is 2.32. The lowest BCUT2D eigenvalue weighted by Crippen LogP contribution is -2.28. The molecule has 5 rings (SSSR count). The molecule has 1 aliphatic rings. The van der Waals surface area contributed by atoms with E-state index < -0.39 is 0 Å². The molecule has 4 heterocycles. The van der Waals surface area contributed by atoms with Crippen molar-refractivity contribution >= 4 is 39.3 Å². The van der Waals surface area contributed by atoms with Gasteiger partial charge in [0.05, 0.1) is 16.6 Å². The van der Waals surface area contributed by atoms with Crippen LogP contribution in [0, 0.1) is 6.92 Å². The molecule has 0 unspecified atom stereocenters. The van der Waals surface area contributed by atoms with Crippen LogP contribution in [0.5, 0.6) is 0 Å². The Labute approximate surface area is 168 Å². The number of hydrogen-bond donors (Lipinski definition) is 2. The first-order valence-electron chi connectivity index (χ1n) is 10.1. The lowest BCUT2D eigenvalue weighted by molar-refractivity contribution is 0.0964. The molecule has 3 aromatic heterocycles. The number of imidazole rings is 1. The van der Waals surface area contributed by atoms with E-state index in [1.54, 1.807) is 7.05 Å². The third kappa shape index (κ3) is 2.89. The van der Waals surface area contributed by atoms with E-state index in [1.165, 1.54) is 0 Å². The number of pyridine rings is 2. The molecule has 0 bridgehead atoms. The highest BCUT2D eigenvalue weighted by molar-refractivity contribution is 6.07. The molecule has 1 fully saturated rings. The fraction of sp³-hybridized carbons (Fsp3) is 0.318. The molecule has 0 aliphatic carbocycles. The predicted octanol–water partition coefficient (Wildman–Crippen LogP) is 2.50. The van der Waals surface area contributed by atoms with Gasteiger partial charge in [-0.2, -0.15) is 0 Å². The van der Waals surface area contributed by atoms with Crippen molar-refractivity contribution in [3.05, 3.63) is 47.7 Å². The van der Waals surface area contributed by atoms with Crippen molar-refractivity contribution in [2.75, 3.05) is 38.1 Å². The molecule has 148 valence electrons. The highest BCUT2D eigenvalue weighted by Gasteiger charge is 2.21. The highest BCUT2D eigenvalue weighted by atomic mass is 16.1. The molecule has 7 heteroatoms. The van der Waals surface area contributed by atoms with Gasteiger partial charge in [0.2, 0.25) is 0 Å². The summed E-state index contributed by atoms with van der Waals surface area (Å²) in [4.78, 5) is 24.8. The maximum absolute atomic E-state index is 12.7. The van der Waals surface area contributed by atoms with Gasteiger partial charge < -0.3 is 15.5 Å². The monoisotopic (exact) mass is 388 g/mol. The Morgan fingerprint density at radius 3 is 2.83 bits per heavy atom. The Morgan fingerprint density at radius 2 is 1.97 bits per heavy atom. The lowest BCUT2D eigenvalue weighted by Gasteiger charge is -2.25. The van der Waals surface area contributed by atoms with E-state index in [2.05, 4.69) is 21.6 Å². The number of rotatable bonds is 2. The van der Waals surface area contributed by atoms with E-state index in [0.717, 1.165) is 66.0 Å². The van der Waals surface area contributed by atoms with Crippen LogP contribution in [0.1, 0.15) is 22.5 Å². The average molecular weight is 388 g/mol. The number of nitrogens with zero attached hydrogens (tertiary/aromatic N) is 4. The first-order valence-corrected chi connectivity index (χ1v) is 10.1. The van der Waals surface area contributed by atoms with Crippen LogP contribution in [0.25, 0.3) is 27.7 Å². The Hall–Kier alpha value is -3.19. The molecule has 0 spiro atoms. The number of amides is 1. The largest absolute Gasteiger partial charge is 0.370 e. The molecule has 0 radical (unpaired) electrons. The van der Waals surface area contributed by atoms with Gasteiger partial charge in [0.1, 0.15) is 5.65 Å². The van der Waals surface area contributed by atoms with Crippen LogP contribution in [0.2, 0.25) is 0 Å². The maximum Gasteiger partial charge on any atom is 0.254 e. The van der Waals surface area contributed by atoms with E-state index >= 15 is 0 Å². The summed E-state index contributed by atoms with van der Waals surface area (Å²) in [6.45, 7) is 5.90. The molecule has 4 aromatic rings. The Kier molecular flexibility index (Phi) is 4.32. The molecule has 2 N–H and O–H groups in total. The standard InChI is InChI=1S/C22H24N6O/c1-14-12-19(27-10-5-8-24-9-11-27)15-13-16(22(29)23-2)21-26-17-6-3-4-7-18(17)28(21)20(15)25-14/h3-4,6-7,12-13,24H,5,8-11H2,1-2H3,(H,23,29). The van der Waals surface area contributed by atoms with E-state index in [4.69, 9.17) is 9.97 Å². The summed E-state index contributed by atoms with van der Waals surface area (Å²) in [5.74, 6) is -0.142. The number of fused-ring (bicyclic) bond motifs is 5. The molecule has 7 nitrogen and oxygen atoms in total. The molecule has 29 heavy (non-hydrogen) atoms. The lowest BCUT2D eigenvalue weighted by atomic mass is 10.1. The van der Waals surface area contributed by atoms with Crippen molar-refractivity contribution in [2.45, 2.75) is 13.3 Å². The van der Waals surface area contributed by atoms with Crippen molar-refractivity contribution in [1.82, 2.24) is 25.0 Å². The fourth-order valence-electron chi connectivity index (χ4n) is 4.24. The van der Waals surface area contributed by atoms with Crippen LogP contribution < -0.4 is 15.5 Å². The minimum Gasteiger partial charge on any atom is -0.370 e. The number of aryl methyl sites for hydroxylation is 1. The van der Waals surface area contributed by atoms with Gasteiger partial charge in [0, 0.05) is 43.4 Å². The van der Waals surface area contributed by atoms with Gasteiger partial charge in [-0.15, -0.1) is 0 Å². The number of hydrogen-bond acceptors (Lipinski definition) is 5. The summed E-state index contributed by atoms with van der Waals surface area (Å²) in [5, 5.41) is 7.21. The van der Waals surface area contributed by atoms with Crippen molar-refractivity contribution < 1.29 is 4.79 Å². The van der Waals surface area contributed by atoms with Gasteiger partial charge in [0.25, 0.3) is 5.91 Å². The molecule has 0 saturated carbocycles. The number of aromatic nitrogens is 3. The molecule has 0 atom stereocenters. The first-order chi connectivity index (χ1) is 14.2. The van der Waals surface area contributed by atoms with Crippen LogP contribution in [0.15, 0.2) is 36.4 Å². The van der Waals surface area contributed by atoms with Crippen molar-refractivity contribution in [3.8, 4) is 0 Å². The number of carbonyl (C=O) groups excluding carboxylic acids is 1. The Morgan fingerprint density at radius 1 is 1.10 bits per heavy atom. The zero-order chi connectivity index (χ0) is 20.0. The summed E-state index contributed by atoms with van der Waals surface area (Å²) in [6.07, 6.45) is 1.08. The van der Waals surface area contributed by atoms with Crippen LogP contribution >= 0.6 is 0 Å². The van der Waals surface area contributed by atoms with Crippen LogP contribution in [0.3, 0.4) is 0 Å². The second kappa shape index (κ2) is 7.00. The van der Waals surface area contributed by atoms with Gasteiger partial charge in [-0.05, 0) is 44.2 Å². The van der Waals surface area contributed by atoms with Crippen molar-refractivity contribution in [3.63, 3.8) is 0 Å². The summed E-state index contributed by atoms with van der Waals surface area (Å²) < 4.78 is 2.03. The van der Waals surface area contributed by atoms with Gasteiger partial charge in [-0.25, -0.2) is 9.97 Å². The summed E-state index contributed by atoms with van der Waals surface area (Å²) in [5.41, 5.74) is 5.94. The van der Waals surface area contributed by atoms with E-state index in [9.17, 15) is 4.79 Å². The van der Waals surface area contributed by atoms with Gasteiger partial charge in [-0.3, -0.25) is 9.20 Å². The normalized spacial score (nSPS) is 15.2. The summed E-state index contributed by atoms with van der Waals surface area (Å²) >= 11 is 0. The van der Waals surface area contributed by atoms with Crippen molar-refractivity contribution in [1.29, 1.82) is 0 Å². The topological polar surface area (TPSA) is 74.6 Å². The Balaban J connectivity index is 1.91. The summed E-state index contributed by atoms with van der Waals surface area (Å²) in [7, 11) is 1.65. The molecular formula is C22H24N6O. The molecule has 1 amide bonds. The number of para-hydroxylation sites is 2. The van der Waals surface area contributed by atoms with Crippen LogP contribution in [-0.4, -0.2) is 53.5 Å². The zero-order valence-corrected chi connectivity index (χ0v) is 16.7. The van der Waals surface area contributed by atoms with E-state index in [1.807, 2.05) is 41.7 Å². The minimum atomic E-state index is -0.142. The number of nitrogens with one attached hydrogen (secondary N) is 2. The second-order valence-electron chi connectivity index (χ2n) is 7.51. The van der Waals surface area contributed by atoms with Gasteiger partial charge in [0.15, 0.2) is 5.65 Å². The Bertz CT molecular complexity index is 1240. The van der Waals surface area contributed by atoms with E-state index in [-0.39, 0.29) is 5.91 Å². The number of carbonyl (C=O) groups is 1. The second-order valence-corrected chi connectivity index (χ2v) is 7.51. The first kappa shape index (κ1) is 17.9. The van der Waals surface area contributed by atoms with Gasteiger partial charge >= 0.3 is 0 Å². The third-order valence-corrected chi connectivity index (χ3v) is 5.60. The predicted molar refractivity (Wildman–Crippen MR) is 116 cm³/mol. The smallest absolute Gasteiger partial charge is 0.254 e. The maximum atomic E-state index is 12.7. The summed E-state index contributed by atoms with van der Waals surface area (Å²) in [6, 6.07) is 12.0. The van der Waals surface area contributed by atoms with Crippen LogP contribution in [-0.2, 0) is 0 Å². The van der Waals surface area contributed by atoms with Crippen LogP contribution in [0.4, 0.5) is 5.69 Å². The minimum absolute atomic E-state index is 0.142. The SMILES string of the molecule is CNC(=O)c1cc2c(N3CCCNCC3)cc(C)nc2n2c1nc1ccccc12. The zero-order valence-electron chi connectivity index (χ0n) is 16.7. The molecule has 1 saturated heterocycles. The molecule has 1 aliphatic heterocycles. The molecule has 1 aromatic carbocycles. The van der Waals surface area contributed by atoms with E-state index in [0.29, 0.717) is 11.2 Å². The fourth-order valence-corrected chi connectivity index (χ4v) is 4.24. The third-order valence-electron chi connectivity index (χ3n) is 5.60. The molecular weight excluding hydrogens is 364 g/mol. The number of benzene rings is 1. The quantitative estimate of drug-likeness (QED) is 0.552. The van der Waals surface area contributed by atoms with Crippen molar-refractivity contribution in [2.24, 2.45) is 0 Å². The average Bonchev–Trinajstić information content (AvgIpc) is 2.92.